The molecule has 0 bridgehead atoms. The number of benzene rings is 2. The molecule has 3 aromatic rings. The highest BCUT2D eigenvalue weighted by molar-refractivity contribution is 6.30. The number of aliphatic carboxylic acids is 2. The summed E-state index contributed by atoms with van der Waals surface area (Å²) in [6.45, 7) is 7.14. The van der Waals surface area contributed by atoms with Crippen molar-refractivity contribution in [3.63, 3.8) is 0 Å². The van der Waals surface area contributed by atoms with Crippen LogP contribution in [0.1, 0.15) is 36.5 Å². The molecule has 51 heavy (non-hydrogen) atoms. The quantitative estimate of drug-likeness (QED) is 0.256. The fourth-order valence-corrected chi connectivity index (χ4v) is 5.54. The molecule has 5 rings (SSSR count). The zero-order chi connectivity index (χ0) is 37.8. The van der Waals surface area contributed by atoms with Gasteiger partial charge in [-0.3, -0.25) is 9.69 Å². The standard InChI is InChI=1S/C30H37ClN4O2.2C2HF3O2/c1-33-15-13-24(14-16-33)22-34-17-19-35(20-18-34)29(36)12-11-27-30(25-7-9-26(31)10-8-25)32-28(37-27)21-23-5-3-2-4-6-23;2*3-2(4,5)1(6)7/h2-10,24H,11-22H2,1H3;2*(H,6,7). The van der Waals surface area contributed by atoms with Crippen molar-refractivity contribution in [1.29, 1.82) is 0 Å². The van der Waals surface area contributed by atoms with E-state index in [2.05, 4.69) is 29.0 Å². The van der Waals surface area contributed by atoms with Crippen LogP contribution in [-0.4, -0.2) is 113 Å². The minimum Gasteiger partial charge on any atom is -0.475 e. The average molecular weight is 749 g/mol. The van der Waals surface area contributed by atoms with Crippen molar-refractivity contribution >= 4 is 29.4 Å². The van der Waals surface area contributed by atoms with Gasteiger partial charge in [0.1, 0.15) is 11.5 Å². The lowest BCUT2D eigenvalue weighted by molar-refractivity contribution is -0.193. The van der Waals surface area contributed by atoms with Crippen LogP contribution in [0, 0.1) is 5.92 Å². The molecule has 0 saturated carbocycles. The van der Waals surface area contributed by atoms with E-state index in [1.54, 1.807) is 0 Å². The Morgan fingerprint density at radius 1 is 0.843 bits per heavy atom. The zero-order valence-corrected chi connectivity index (χ0v) is 28.5. The second-order valence-electron chi connectivity index (χ2n) is 12.1. The number of hydrogen-bond donors (Lipinski definition) is 2. The normalized spacial score (nSPS) is 16.0. The molecular weight excluding hydrogens is 710 g/mol. The number of carboxylic acids is 2. The van der Waals surface area contributed by atoms with Crippen molar-refractivity contribution in [1.82, 2.24) is 19.7 Å². The number of halogens is 7. The average Bonchev–Trinajstić information content (AvgIpc) is 3.47. The van der Waals surface area contributed by atoms with E-state index in [0.717, 1.165) is 54.7 Å². The van der Waals surface area contributed by atoms with Gasteiger partial charge in [-0.15, -0.1) is 0 Å². The number of rotatable bonds is 8. The van der Waals surface area contributed by atoms with E-state index < -0.39 is 24.3 Å². The van der Waals surface area contributed by atoms with Gasteiger partial charge in [-0.2, -0.15) is 26.3 Å². The van der Waals surface area contributed by atoms with Crippen LogP contribution in [0.15, 0.2) is 59.0 Å². The summed E-state index contributed by atoms with van der Waals surface area (Å²) in [5.41, 5.74) is 2.91. The number of oxazole rings is 1. The number of hydrogen-bond acceptors (Lipinski definition) is 7. The number of carboxylic acid groups (broad SMARTS) is 2. The first kappa shape index (κ1) is 41.3. The SMILES string of the molecule is CN1CCC(CN2CCN(C(=O)CCc3oc(Cc4ccccc4)nc3-c3ccc(Cl)cc3)CC2)CC1.O=C(O)C(F)(F)F.O=C(O)C(F)(F)F. The zero-order valence-electron chi connectivity index (χ0n) is 27.7. The van der Waals surface area contributed by atoms with Crippen molar-refractivity contribution in [3.05, 3.63) is 76.8 Å². The molecule has 2 N–H and O–H groups in total. The molecule has 3 heterocycles. The summed E-state index contributed by atoms with van der Waals surface area (Å²) in [7, 11) is 2.21. The molecule has 0 atom stereocenters. The van der Waals surface area contributed by atoms with Gasteiger partial charge in [0, 0.05) is 62.6 Å². The Morgan fingerprint density at radius 3 is 1.88 bits per heavy atom. The number of alkyl halides is 6. The molecule has 0 radical (unpaired) electrons. The summed E-state index contributed by atoms with van der Waals surface area (Å²) in [6, 6.07) is 17.8. The maximum Gasteiger partial charge on any atom is 0.490 e. The Morgan fingerprint density at radius 2 is 1.37 bits per heavy atom. The van der Waals surface area contributed by atoms with Crippen molar-refractivity contribution in [2.75, 3.05) is 52.9 Å². The molecule has 2 fully saturated rings. The molecule has 17 heteroatoms. The highest BCUT2D eigenvalue weighted by Crippen LogP contribution is 2.28. The smallest absolute Gasteiger partial charge is 0.475 e. The van der Waals surface area contributed by atoms with Gasteiger partial charge in [0.05, 0.1) is 0 Å². The van der Waals surface area contributed by atoms with E-state index in [4.69, 9.17) is 40.8 Å². The van der Waals surface area contributed by atoms with Crippen LogP contribution in [0.4, 0.5) is 26.3 Å². The molecule has 2 aliphatic heterocycles. The lowest BCUT2D eigenvalue weighted by Gasteiger charge is -2.38. The maximum absolute atomic E-state index is 13.1. The third-order valence-electron chi connectivity index (χ3n) is 8.19. The van der Waals surface area contributed by atoms with E-state index in [1.165, 1.54) is 32.5 Å². The first-order chi connectivity index (χ1) is 23.9. The molecule has 1 aromatic heterocycles. The molecule has 2 saturated heterocycles. The predicted molar refractivity (Wildman–Crippen MR) is 175 cm³/mol. The molecule has 1 amide bonds. The summed E-state index contributed by atoms with van der Waals surface area (Å²) >= 11 is 6.11. The molecule has 0 spiro atoms. The number of amides is 1. The van der Waals surface area contributed by atoms with Gasteiger partial charge < -0.3 is 24.4 Å². The lowest BCUT2D eigenvalue weighted by atomic mass is 9.96. The molecule has 2 aliphatic rings. The molecular formula is C34H39ClF6N4O6. The number of likely N-dealkylation sites (tertiary alicyclic amines) is 1. The Hall–Kier alpha value is -4.15. The van der Waals surface area contributed by atoms with Crippen molar-refractivity contribution in [2.45, 2.75) is 44.5 Å². The fourth-order valence-electron chi connectivity index (χ4n) is 5.42. The summed E-state index contributed by atoms with van der Waals surface area (Å²) in [5.74, 6) is -3.09. The van der Waals surface area contributed by atoms with Gasteiger partial charge in [-0.05, 0) is 56.6 Å². The van der Waals surface area contributed by atoms with Crippen LogP contribution in [0.2, 0.25) is 5.02 Å². The second kappa shape index (κ2) is 18.9. The number of piperazine rings is 1. The largest absolute Gasteiger partial charge is 0.490 e. The summed E-state index contributed by atoms with van der Waals surface area (Å²) in [5, 5.41) is 14.9. The topological polar surface area (TPSA) is 127 Å². The number of carbonyl (C=O) groups is 3. The van der Waals surface area contributed by atoms with Crippen molar-refractivity contribution < 1.29 is 55.4 Å². The summed E-state index contributed by atoms with van der Waals surface area (Å²) in [6.07, 6.45) is -6.01. The van der Waals surface area contributed by atoms with E-state index >= 15 is 0 Å². The van der Waals surface area contributed by atoms with Crippen LogP contribution < -0.4 is 0 Å². The Labute approximate surface area is 295 Å². The third-order valence-corrected chi connectivity index (χ3v) is 8.44. The summed E-state index contributed by atoms with van der Waals surface area (Å²) in [4.78, 5) is 42.7. The van der Waals surface area contributed by atoms with Gasteiger partial charge in [0.15, 0.2) is 5.89 Å². The fraction of sp³-hybridized carbons (Fsp3) is 0.471. The third kappa shape index (κ3) is 14.2. The van der Waals surface area contributed by atoms with Crippen LogP contribution in [0.25, 0.3) is 11.3 Å². The van der Waals surface area contributed by atoms with Gasteiger partial charge in [0.2, 0.25) is 5.91 Å². The minimum atomic E-state index is -5.08. The van der Waals surface area contributed by atoms with Gasteiger partial charge >= 0.3 is 24.3 Å². The Bertz CT molecular complexity index is 1530. The van der Waals surface area contributed by atoms with E-state index in [9.17, 15) is 31.1 Å². The molecule has 280 valence electrons. The highest BCUT2D eigenvalue weighted by Gasteiger charge is 2.39. The van der Waals surface area contributed by atoms with Crippen LogP contribution >= 0.6 is 11.6 Å². The Balaban J connectivity index is 0.000000424. The number of nitrogens with zero attached hydrogens (tertiary/aromatic N) is 4. The molecule has 0 aliphatic carbocycles. The van der Waals surface area contributed by atoms with Crippen LogP contribution in [0.3, 0.4) is 0 Å². The first-order valence-corrected chi connectivity index (χ1v) is 16.4. The maximum atomic E-state index is 13.1. The first-order valence-electron chi connectivity index (χ1n) is 16.0. The lowest BCUT2D eigenvalue weighted by Crippen LogP contribution is -2.50. The number of aryl methyl sites for hydroxylation is 1. The number of carbonyl (C=O) groups excluding carboxylic acids is 1. The Kier molecular flexibility index (Phi) is 15.3. The van der Waals surface area contributed by atoms with E-state index in [0.29, 0.717) is 30.2 Å². The van der Waals surface area contributed by atoms with Crippen molar-refractivity contribution in [2.24, 2.45) is 5.92 Å². The van der Waals surface area contributed by atoms with Gasteiger partial charge in [-0.1, -0.05) is 54.1 Å². The van der Waals surface area contributed by atoms with Crippen LogP contribution in [0.5, 0.6) is 0 Å². The van der Waals surface area contributed by atoms with Gasteiger partial charge in [-0.25, -0.2) is 14.6 Å². The minimum absolute atomic E-state index is 0.196. The van der Waals surface area contributed by atoms with E-state index in [1.807, 2.05) is 47.4 Å². The second-order valence-corrected chi connectivity index (χ2v) is 12.5. The monoisotopic (exact) mass is 748 g/mol. The van der Waals surface area contributed by atoms with Gasteiger partial charge in [0.25, 0.3) is 0 Å². The van der Waals surface area contributed by atoms with Crippen LogP contribution in [-0.2, 0) is 27.2 Å². The molecule has 10 nitrogen and oxygen atoms in total. The number of piperidine rings is 1. The highest BCUT2D eigenvalue weighted by atomic mass is 35.5. The summed E-state index contributed by atoms with van der Waals surface area (Å²) < 4.78 is 69.7. The predicted octanol–water partition coefficient (Wildman–Crippen LogP) is 6.27. The molecule has 0 unspecified atom stereocenters. The molecule has 2 aromatic carbocycles. The number of aromatic nitrogens is 1. The van der Waals surface area contributed by atoms with Crippen molar-refractivity contribution in [3.8, 4) is 11.3 Å². The van der Waals surface area contributed by atoms with E-state index in [-0.39, 0.29) is 5.91 Å².